The molecule has 1 aromatic carbocycles. The SMILES string of the molecule is COCC(C)OC(=O)c1cc(C)c(C)c(S(N)(=O)=O)c1. The summed E-state index contributed by atoms with van der Waals surface area (Å²) in [6, 6.07) is 2.81. The summed E-state index contributed by atoms with van der Waals surface area (Å²) < 4.78 is 33.0. The van der Waals surface area contributed by atoms with Crippen molar-refractivity contribution < 1.29 is 22.7 Å². The summed E-state index contributed by atoms with van der Waals surface area (Å²) >= 11 is 0. The summed E-state index contributed by atoms with van der Waals surface area (Å²) in [5, 5.41) is 5.14. The van der Waals surface area contributed by atoms with Crippen molar-refractivity contribution >= 4 is 16.0 Å². The Labute approximate surface area is 118 Å². The minimum Gasteiger partial charge on any atom is -0.457 e. The van der Waals surface area contributed by atoms with Crippen LogP contribution in [0.1, 0.15) is 28.4 Å². The van der Waals surface area contributed by atoms with Gasteiger partial charge in [-0.15, -0.1) is 0 Å². The van der Waals surface area contributed by atoms with Gasteiger partial charge in [-0.1, -0.05) is 0 Å². The molecular weight excluding hydrogens is 282 g/mol. The summed E-state index contributed by atoms with van der Waals surface area (Å²) in [5.74, 6) is -0.609. The van der Waals surface area contributed by atoms with E-state index in [-0.39, 0.29) is 17.1 Å². The van der Waals surface area contributed by atoms with E-state index >= 15 is 0 Å². The maximum Gasteiger partial charge on any atom is 0.338 e. The van der Waals surface area contributed by atoms with Crippen molar-refractivity contribution in [1.29, 1.82) is 0 Å². The highest BCUT2D eigenvalue weighted by atomic mass is 32.2. The highest BCUT2D eigenvalue weighted by Gasteiger charge is 2.19. The van der Waals surface area contributed by atoms with Crippen molar-refractivity contribution in [2.75, 3.05) is 13.7 Å². The van der Waals surface area contributed by atoms with Gasteiger partial charge in [0.2, 0.25) is 10.0 Å². The van der Waals surface area contributed by atoms with E-state index in [0.29, 0.717) is 11.1 Å². The molecule has 0 aromatic heterocycles. The highest BCUT2D eigenvalue weighted by molar-refractivity contribution is 7.89. The number of carbonyl (C=O) groups is 1. The molecule has 1 aromatic rings. The van der Waals surface area contributed by atoms with Gasteiger partial charge in [-0.3, -0.25) is 0 Å². The lowest BCUT2D eigenvalue weighted by Crippen LogP contribution is -2.21. The van der Waals surface area contributed by atoms with E-state index in [9.17, 15) is 13.2 Å². The maximum absolute atomic E-state index is 12.0. The number of hydrogen-bond acceptors (Lipinski definition) is 5. The molecule has 0 aliphatic rings. The number of nitrogens with two attached hydrogens (primary N) is 1. The average Bonchev–Trinajstić information content (AvgIpc) is 2.30. The smallest absolute Gasteiger partial charge is 0.338 e. The second-order valence-electron chi connectivity index (χ2n) is 4.63. The second-order valence-corrected chi connectivity index (χ2v) is 6.16. The average molecular weight is 301 g/mol. The largest absolute Gasteiger partial charge is 0.457 e. The number of carbonyl (C=O) groups excluding carboxylic acids is 1. The number of hydrogen-bond donors (Lipinski definition) is 1. The molecule has 0 amide bonds. The Kier molecular flexibility index (Phi) is 5.27. The summed E-state index contributed by atoms with van der Waals surface area (Å²) in [4.78, 5) is 11.9. The molecule has 0 heterocycles. The van der Waals surface area contributed by atoms with Gasteiger partial charge in [-0.25, -0.2) is 18.4 Å². The lowest BCUT2D eigenvalue weighted by molar-refractivity contribution is 0.0120. The van der Waals surface area contributed by atoms with Crippen LogP contribution < -0.4 is 5.14 Å². The van der Waals surface area contributed by atoms with Crippen LogP contribution in [-0.2, 0) is 19.5 Å². The van der Waals surface area contributed by atoms with Gasteiger partial charge in [-0.2, -0.15) is 0 Å². The van der Waals surface area contributed by atoms with E-state index in [1.165, 1.54) is 13.2 Å². The third-order valence-corrected chi connectivity index (χ3v) is 3.91. The molecule has 1 unspecified atom stereocenters. The van der Waals surface area contributed by atoms with Gasteiger partial charge in [0.25, 0.3) is 0 Å². The Bertz CT molecular complexity index is 609. The molecule has 0 radical (unpaired) electrons. The van der Waals surface area contributed by atoms with Crippen LogP contribution in [0.25, 0.3) is 0 Å². The van der Waals surface area contributed by atoms with Gasteiger partial charge >= 0.3 is 5.97 Å². The molecule has 7 heteroatoms. The standard InChI is InChI=1S/C13H19NO5S/c1-8-5-11(13(15)19-9(2)7-18-4)6-12(10(8)3)20(14,16)17/h5-6,9H,7H2,1-4H3,(H2,14,16,17). The van der Waals surface area contributed by atoms with Crippen LogP contribution in [0, 0.1) is 13.8 Å². The maximum atomic E-state index is 12.0. The topological polar surface area (TPSA) is 95.7 Å². The summed E-state index contributed by atoms with van der Waals surface area (Å²) in [7, 11) is -2.38. The van der Waals surface area contributed by atoms with Crippen LogP contribution in [-0.4, -0.2) is 34.2 Å². The molecule has 2 N–H and O–H groups in total. The van der Waals surface area contributed by atoms with E-state index in [1.54, 1.807) is 26.8 Å². The molecule has 0 saturated carbocycles. The molecule has 20 heavy (non-hydrogen) atoms. The fourth-order valence-corrected chi connectivity index (χ4v) is 2.64. The minimum atomic E-state index is -3.88. The first-order chi connectivity index (χ1) is 9.16. The second kappa shape index (κ2) is 6.34. The number of ether oxygens (including phenoxy) is 2. The fourth-order valence-electron chi connectivity index (χ4n) is 1.76. The zero-order valence-electron chi connectivity index (χ0n) is 12.0. The van der Waals surface area contributed by atoms with E-state index in [0.717, 1.165) is 0 Å². The van der Waals surface area contributed by atoms with Crippen molar-refractivity contribution in [2.45, 2.75) is 31.8 Å². The number of aryl methyl sites for hydroxylation is 1. The highest BCUT2D eigenvalue weighted by Crippen LogP contribution is 2.20. The summed E-state index contributed by atoms with van der Waals surface area (Å²) in [5.41, 5.74) is 1.33. The molecule has 0 aliphatic carbocycles. The predicted molar refractivity (Wildman–Crippen MR) is 74.0 cm³/mol. The normalized spacial score (nSPS) is 13.1. The predicted octanol–water partition coefficient (Wildman–Crippen LogP) is 1.14. The van der Waals surface area contributed by atoms with Crippen molar-refractivity contribution in [3.63, 3.8) is 0 Å². The first-order valence-corrected chi connectivity index (χ1v) is 7.55. The number of methoxy groups -OCH3 is 1. The molecule has 0 bridgehead atoms. The van der Waals surface area contributed by atoms with E-state index in [1.807, 2.05) is 0 Å². The minimum absolute atomic E-state index is 0.0659. The first kappa shape index (κ1) is 16.6. The number of primary sulfonamides is 1. The van der Waals surface area contributed by atoms with Crippen molar-refractivity contribution in [3.05, 3.63) is 28.8 Å². The molecule has 0 saturated heterocycles. The zero-order chi connectivity index (χ0) is 15.5. The number of benzene rings is 1. The molecule has 0 aliphatic heterocycles. The van der Waals surface area contributed by atoms with Crippen molar-refractivity contribution in [2.24, 2.45) is 5.14 Å². The molecular formula is C13H19NO5S. The first-order valence-electron chi connectivity index (χ1n) is 6.00. The third-order valence-electron chi connectivity index (χ3n) is 2.87. The van der Waals surface area contributed by atoms with Crippen LogP contribution in [0.3, 0.4) is 0 Å². The Morgan fingerprint density at radius 3 is 2.45 bits per heavy atom. The van der Waals surface area contributed by atoms with Crippen LogP contribution in [0.2, 0.25) is 0 Å². The molecule has 6 nitrogen and oxygen atoms in total. The van der Waals surface area contributed by atoms with E-state index in [4.69, 9.17) is 14.6 Å². The quantitative estimate of drug-likeness (QED) is 0.823. The Morgan fingerprint density at radius 1 is 1.35 bits per heavy atom. The van der Waals surface area contributed by atoms with Gasteiger partial charge in [-0.05, 0) is 44.0 Å². The molecule has 1 atom stereocenters. The molecule has 112 valence electrons. The van der Waals surface area contributed by atoms with Crippen LogP contribution in [0.4, 0.5) is 0 Å². The van der Waals surface area contributed by atoms with Gasteiger partial charge in [0.05, 0.1) is 17.1 Å². The lowest BCUT2D eigenvalue weighted by atomic mass is 10.1. The molecule has 0 fully saturated rings. The molecule has 1 rings (SSSR count). The Morgan fingerprint density at radius 2 is 1.95 bits per heavy atom. The third kappa shape index (κ3) is 4.03. The number of sulfonamides is 1. The summed E-state index contributed by atoms with van der Waals surface area (Å²) in [6.45, 7) is 5.29. The fraction of sp³-hybridized carbons (Fsp3) is 0.462. The Balaban J connectivity index is 3.15. The van der Waals surface area contributed by atoms with Crippen molar-refractivity contribution in [1.82, 2.24) is 0 Å². The monoisotopic (exact) mass is 301 g/mol. The van der Waals surface area contributed by atoms with Crippen LogP contribution in [0.15, 0.2) is 17.0 Å². The summed E-state index contributed by atoms with van der Waals surface area (Å²) in [6.07, 6.45) is -0.424. The number of rotatable bonds is 5. The van der Waals surface area contributed by atoms with Gasteiger partial charge < -0.3 is 9.47 Å². The lowest BCUT2D eigenvalue weighted by Gasteiger charge is -2.14. The van der Waals surface area contributed by atoms with Crippen molar-refractivity contribution in [3.8, 4) is 0 Å². The molecule has 0 spiro atoms. The number of esters is 1. The van der Waals surface area contributed by atoms with Gasteiger partial charge in [0.1, 0.15) is 6.10 Å². The zero-order valence-corrected chi connectivity index (χ0v) is 12.8. The van der Waals surface area contributed by atoms with Gasteiger partial charge in [0.15, 0.2) is 0 Å². The Hall–Kier alpha value is -1.44. The van der Waals surface area contributed by atoms with E-state index < -0.39 is 22.1 Å². The van der Waals surface area contributed by atoms with E-state index in [2.05, 4.69) is 0 Å². The van der Waals surface area contributed by atoms with Crippen LogP contribution >= 0.6 is 0 Å². The van der Waals surface area contributed by atoms with Crippen LogP contribution in [0.5, 0.6) is 0 Å². The van der Waals surface area contributed by atoms with Gasteiger partial charge in [0, 0.05) is 7.11 Å².